The summed E-state index contributed by atoms with van der Waals surface area (Å²) in [5.41, 5.74) is 6.42. The summed E-state index contributed by atoms with van der Waals surface area (Å²) in [5, 5.41) is 0. The molecule has 0 unspecified atom stereocenters. The molecule has 2 N–H and O–H groups in total. The largest absolute Gasteiger partial charge is 0.326 e. The molecule has 3 nitrogen and oxygen atoms in total. The molecule has 0 fully saturated rings. The number of rotatable bonds is 1. The summed E-state index contributed by atoms with van der Waals surface area (Å²) in [6.07, 6.45) is 3.57. The zero-order valence-corrected chi connectivity index (χ0v) is 7.83. The van der Waals surface area contributed by atoms with Crippen LogP contribution < -0.4 is 5.73 Å². The molecule has 1 heterocycles. The van der Waals surface area contributed by atoms with E-state index in [2.05, 4.69) is 30.7 Å². The van der Waals surface area contributed by atoms with Crippen molar-refractivity contribution in [1.29, 1.82) is 0 Å². The van der Waals surface area contributed by atoms with E-state index in [0.717, 1.165) is 11.4 Å². The van der Waals surface area contributed by atoms with Crippen LogP contribution in [0.25, 0.3) is 0 Å². The third-order valence-electron chi connectivity index (χ3n) is 1.61. The van der Waals surface area contributed by atoms with Gasteiger partial charge in [-0.25, -0.2) is 9.97 Å². The Kier molecular flexibility index (Phi) is 2.43. The van der Waals surface area contributed by atoms with Crippen LogP contribution >= 0.6 is 0 Å². The molecule has 0 radical (unpaired) electrons. The minimum atomic E-state index is 0.0210. The van der Waals surface area contributed by atoms with Crippen LogP contribution in [0.3, 0.4) is 0 Å². The summed E-state index contributed by atoms with van der Waals surface area (Å²) in [4.78, 5) is 8.46. The van der Waals surface area contributed by atoms with E-state index in [1.54, 1.807) is 12.4 Å². The summed E-state index contributed by atoms with van der Waals surface area (Å²) in [6, 6.07) is 0. The smallest absolute Gasteiger partial charge is 0.133 e. The van der Waals surface area contributed by atoms with Gasteiger partial charge in [0.15, 0.2) is 0 Å². The lowest BCUT2D eigenvalue weighted by atomic mass is 9.96. The Labute approximate surface area is 73.0 Å². The monoisotopic (exact) mass is 165 g/mol. The predicted octanol–water partition coefficient (Wildman–Crippen LogP) is 1.23. The van der Waals surface area contributed by atoms with E-state index in [4.69, 9.17) is 5.73 Å². The van der Waals surface area contributed by atoms with Crippen molar-refractivity contribution < 1.29 is 0 Å². The molecule has 0 aromatic carbocycles. The molecule has 12 heavy (non-hydrogen) atoms. The predicted molar refractivity (Wildman–Crippen MR) is 48.6 cm³/mol. The fraction of sp³-hybridized carbons (Fsp3) is 0.556. The van der Waals surface area contributed by atoms with E-state index in [0.29, 0.717) is 6.54 Å². The highest BCUT2D eigenvalue weighted by molar-refractivity contribution is 5.08. The summed E-state index contributed by atoms with van der Waals surface area (Å²) >= 11 is 0. The second-order valence-electron chi connectivity index (χ2n) is 3.87. The molecule has 0 aliphatic heterocycles. The van der Waals surface area contributed by atoms with Crippen LogP contribution in [0.4, 0.5) is 0 Å². The van der Waals surface area contributed by atoms with E-state index < -0.39 is 0 Å². The standard InChI is InChI=1S/C9H15N3/c1-9(2,3)8-11-5-7(4-10)6-12-8/h5-6H,4,10H2,1-3H3. The first-order valence-corrected chi connectivity index (χ1v) is 4.05. The molecule has 0 atom stereocenters. The Hall–Kier alpha value is -0.960. The van der Waals surface area contributed by atoms with Crippen LogP contribution in [0, 0.1) is 0 Å². The first-order chi connectivity index (χ1) is 5.54. The second kappa shape index (κ2) is 3.19. The van der Waals surface area contributed by atoms with E-state index in [1.807, 2.05) is 0 Å². The molecule has 0 aliphatic carbocycles. The molecule has 1 aromatic rings. The molecule has 0 bridgehead atoms. The number of hydrogen-bond donors (Lipinski definition) is 1. The number of nitrogens with zero attached hydrogens (tertiary/aromatic N) is 2. The van der Waals surface area contributed by atoms with Crippen molar-refractivity contribution in [2.75, 3.05) is 0 Å². The van der Waals surface area contributed by atoms with Gasteiger partial charge in [0.25, 0.3) is 0 Å². The van der Waals surface area contributed by atoms with Gasteiger partial charge in [0.2, 0.25) is 0 Å². The van der Waals surface area contributed by atoms with Crippen LogP contribution in [0.5, 0.6) is 0 Å². The number of nitrogens with two attached hydrogens (primary N) is 1. The Bertz CT molecular complexity index is 245. The van der Waals surface area contributed by atoms with E-state index in [1.165, 1.54) is 0 Å². The van der Waals surface area contributed by atoms with Crippen LogP contribution in [-0.2, 0) is 12.0 Å². The van der Waals surface area contributed by atoms with Gasteiger partial charge in [-0.2, -0.15) is 0 Å². The lowest BCUT2D eigenvalue weighted by Crippen LogP contribution is -2.16. The molecule has 1 aromatic heterocycles. The average molecular weight is 165 g/mol. The number of aromatic nitrogens is 2. The zero-order chi connectivity index (χ0) is 9.19. The van der Waals surface area contributed by atoms with Crippen molar-refractivity contribution in [3.8, 4) is 0 Å². The maximum atomic E-state index is 5.43. The zero-order valence-electron chi connectivity index (χ0n) is 7.83. The second-order valence-corrected chi connectivity index (χ2v) is 3.87. The highest BCUT2D eigenvalue weighted by Crippen LogP contribution is 2.16. The van der Waals surface area contributed by atoms with Gasteiger partial charge in [-0.15, -0.1) is 0 Å². The van der Waals surface area contributed by atoms with Crippen LogP contribution in [-0.4, -0.2) is 9.97 Å². The highest BCUT2D eigenvalue weighted by Gasteiger charge is 2.16. The molecule has 0 spiro atoms. The van der Waals surface area contributed by atoms with Crippen molar-refractivity contribution in [3.63, 3.8) is 0 Å². The maximum Gasteiger partial charge on any atom is 0.133 e. The first-order valence-electron chi connectivity index (χ1n) is 4.05. The Balaban J connectivity index is 2.93. The van der Waals surface area contributed by atoms with Gasteiger partial charge < -0.3 is 5.73 Å². The van der Waals surface area contributed by atoms with Crippen molar-refractivity contribution in [3.05, 3.63) is 23.8 Å². The molecule has 0 aliphatic rings. The normalized spacial score (nSPS) is 11.7. The van der Waals surface area contributed by atoms with Crippen molar-refractivity contribution in [1.82, 2.24) is 9.97 Å². The lowest BCUT2D eigenvalue weighted by Gasteiger charge is -2.15. The van der Waals surface area contributed by atoms with E-state index in [9.17, 15) is 0 Å². The van der Waals surface area contributed by atoms with Gasteiger partial charge in [0, 0.05) is 29.9 Å². The maximum absolute atomic E-state index is 5.43. The fourth-order valence-corrected chi connectivity index (χ4v) is 0.847. The van der Waals surface area contributed by atoms with Gasteiger partial charge in [0.1, 0.15) is 5.82 Å². The minimum absolute atomic E-state index is 0.0210. The van der Waals surface area contributed by atoms with Gasteiger partial charge in [-0.1, -0.05) is 20.8 Å². The summed E-state index contributed by atoms with van der Waals surface area (Å²) in [5.74, 6) is 0.861. The molecule has 1 rings (SSSR count). The van der Waals surface area contributed by atoms with Crippen molar-refractivity contribution in [2.45, 2.75) is 32.7 Å². The number of hydrogen-bond acceptors (Lipinski definition) is 3. The molecule has 0 saturated heterocycles. The molecule has 3 heteroatoms. The Morgan fingerprint density at radius 3 is 2.08 bits per heavy atom. The van der Waals surface area contributed by atoms with E-state index in [-0.39, 0.29) is 5.41 Å². The topological polar surface area (TPSA) is 51.8 Å². The van der Waals surface area contributed by atoms with E-state index >= 15 is 0 Å². The summed E-state index contributed by atoms with van der Waals surface area (Å²) in [7, 11) is 0. The molecule has 0 amide bonds. The molecular formula is C9H15N3. The van der Waals surface area contributed by atoms with Gasteiger partial charge in [-0.3, -0.25) is 0 Å². The van der Waals surface area contributed by atoms with Gasteiger partial charge in [0.05, 0.1) is 0 Å². The first kappa shape index (κ1) is 9.13. The van der Waals surface area contributed by atoms with Gasteiger partial charge in [-0.05, 0) is 0 Å². The summed E-state index contributed by atoms with van der Waals surface area (Å²) in [6.45, 7) is 6.77. The molecular weight excluding hydrogens is 150 g/mol. The average Bonchev–Trinajstić information content (AvgIpc) is 2.03. The minimum Gasteiger partial charge on any atom is -0.326 e. The van der Waals surface area contributed by atoms with Gasteiger partial charge >= 0.3 is 0 Å². The third-order valence-corrected chi connectivity index (χ3v) is 1.61. The van der Waals surface area contributed by atoms with Crippen LogP contribution in [0.15, 0.2) is 12.4 Å². The SMILES string of the molecule is CC(C)(C)c1ncc(CN)cn1. The van der Waals surface area contributed by atoms with Crippen LogP contribution in [0.2, 0.25) is 0 Å². The fourth-order valence-electron chi connectivity index (χ4n) is 0.847. The molecule has 66 valence electrons. The highest BCUT2D eigenvalue weighted by atomic mass is 14.9. The van der Waals surface area contributed by atoms with Crippen LogP contribution in [0.1, 0.15) is 32.2 Å². The quantitative estimate of drug-likeness (QED) is 0.681. The van der Waals surface area contributed by atoms with Crippen molar-refractivity contribution in [2.24, 2.45) is 5.73 Å². The van der Waals surface area contributed by atoms with Crippen molar-refractivity contribution >= 4 is 0 Å². The lowest BCUT2D eigenvalue weighted by molar-refractivity contribution is 0.544. The Morgan fingerprint density at radius 2 is 1.75 bits per heavy atom. The summed E-state index contributed by atoms with van der Waals surface area (Å²) < 4.78 is 0. The third kappa shape index (κ3) is 2.01. The Morgan fingerprint density at radius 1 is 1.25 bits per heavy atom. The molecule has 0 saturated carbocycles.